The maximum absolute atomic E-state index is 9.35. The van der Waals surface area contributed by atoms with Crippen molar-refractivity contribution in [2.24, 2.45) is 0 Å². The first-order valence-corrected chi connectivity index (χ1v) is 7.30. The molecule has 0 atom stereocenters. The van der Waals surface area contributed by atoms with Gasteiger partial charge in [-0.1, -0.05) is 18.2 Å². The predicted molar refractivity (Wildman–Crippen MR) is 84.5 cm³/mol. The maximum atomic E-state index is 9.35. The Kier molecular flexibility index (Phi) is 3.37. The van der Waals surface area contributed by atoms with Crippen LogP contribution in [0.4, 0.5) is 11.4 Å². The van der Waals surface area contributed by atoms with Gasteiger partial charge in [0.05, 0.1) is 11.3 Å². The Hall–Kier alpha value is -1.99. The lowest BCUT2D eigenvalue weighted by molar-refractivity contribution is 0.732. The molecule has 0 spiro atoms. The lowest BCUT2D eigenvalue weighted by Gasteiger charge is -2.32. The third kappa shape index (κ3) is 2.14. The molecule has 1 aliphatic rings. The Labute approximate surface area is 126 Å². The first-order valence-electron chi connectivity index (χ1n) is 6.50. The summed E-state index contributed by atoms with van der Waals surface area (Å²) in [6, 6.07) is 14.2. The fourth-order valence-electron chi connectivity index (χ4n) is 2.70. The Balaban J connectivity index is 2.01. The first-order chi connectivity index (χ1) is 9.70. The van der Waals surface area contributed by atoms with Gasteiger partial charge in [-0.05, 0) is 51.7 Å². The van der Waals surface area contributed by atoms with Crippen LogP contribution in [0.2, 0.25) is 0 Å². The molecule has 0 aromatic heterocycles. The van der Waals surface area contributed by atoms with Crippen molar-refractivity contribution in [1.29, 1.82) is 5.26 Å². The SMILES string of the molecule is N#Cc1c(Br)cccc1N1CCc2cccc(N)c2C1. The van der Waals surface area contributed by atoms with E-state index in [4.69, 9.17) is 5.73 Å². The molecule has 0 saturated carbocycles. The van der Waals surface area contributed by atoms with E-state index >= 15 is 0 Å². The number of fused-ring (bicyclic) bond motifs is 1. The summed E-state index contributed by atoms with van der Waals surface area (Å²) in [5.74, 6) is 0. The monoisotopic (exact) mass is 327 g/mol. The summed E-state index contributed by atoms with van der Waals surface area (Å²) in [6.45, 7) is 1.66. The Morgan fingerprint density at radius 1 is 1.20 bits per heavy atom. The van der Waals surface area contributed by atoms with E-state index in [1.165, 1.54) is 11.1 Å². The van der Waals surface area contributed by atoms with Gasteiger partial charge in [0.15, 0.2) is 0 Å². The Morgan fingerprint density at radius 2 is 2.00 bits per heavy atom. The predicted octanol–water partition coefficient (Wildman–Crippen LogP) is 3.47. The number of benzene rings is 2. The van der Waals surface area contributed by atoms with Crippen LogP contribution in [-0.2, 0) is 13.0 Å². The molecular weight excluding hydrogens is 314 g/mol. The standard InChI is InChI=1S/C16H14BrN3/c17-14-4-2-6-16(12(14)9-18)20-8-7-11-3-1-5-15(19)13(11)10-20/h1-6H,7-8,10,19H2. The van der Waals surface area contributed by atoms with Gasteiger partial charge in [0.2, 0.25) is 0 Å². The van der Waals surface area contributed by atoms with Crippen LogP contribution in [0.15, 0.2) is 40.9 Å². The van der Waals surface area contributed by atoms with Crippen molar-refractivity contribution in [2.75, 3.05) is 17.2 Å². The molecule has 2 aromatic rings. The lowest BCUT2D eigenvalue weighted by Crippen LogP contribution is -2.31. The molecule has 0 amide bonds. The second-order valence-electron chi connectivity index (χ2n) is 4.90. The zero-order valence-corrected chi connectivity index (χ0v) is 12.5. The molecule has 0 fully saturated rings. The Morgan fingerprint density at radius 3 is 2.80 bits per heavy atom. The van der Waals surface area contributed by atoms with Gasteiger partial charge < -0.3 is 10.6 Å². The molecule has 0 saturated heterocycles. The molecule has 1 aliphatic heterocycles. The molecule has 20 heavy (non-hydrogen) atoms. The zero-order chi connectivity index (χ0) is 14.1. The molecule has 3 nitrogen and oxygen atoms in total. The number of nitrogens with two attached hydrogens (primary N) is 1. The van der Waals surface area contributed by atoms with E-state index < -0.39 is 0 Å². The third-order valence-electron chi connectivity index (χ3n) is 3.75. The number of anilines is 2. The summed E-state index contributed by atoms with van der Waals surface area (Å²) in [5, 5.41) is 9.35. The quantitative estimate of drug-likeness (QED) is 0.816. The minimum absolute atomic E-state index is 0.686. The molecule has 3 rings (SSSR count). The third-order valence-corrected chi connectivity index (χ3v) is 4.41. The molecule has 0 bridgehead atoms. The van der Waals surface area contributed by atoms with Crippen molar-refractivity contribution < 1.29 is 0 Å². The molecule has 2 aromatic carbocycles. The van der Waals surface area contributed by atoms with E-state index in [0.29, 0.717) is 5.56 Å². The molecular formula is C16H14BrN3. The second-order valence-corrected chi connectivity index (χ2v) is 5.76. The first kappa shape index (κ1) is 13.0. The van der Waals surface area contributed by atoms with Crippen molar-refractivity contribution in [3.8, 4) is 6.07 Å². The average molecular weight is 328 g/mol. The number of rotatable bonds is 1. The largest absolute Gasteiger partial charge is 0.398 e. The fourth-order valence-corrected chi connectivity index (χ4v) is 3.14. The summed E-state index contributed by atoms with van der Waals surface area (Å²) in [4.78, 5) is 2.22. The number of nitrogens with zero attached hydrogens (tertiary/aromatic N) is 2. The summed E-state index contributed by atoms with van der Waals surface area (Å²) in [7, 11) is 0. The van der Waals surface area contributed by atoms with Crippen LogP contribution in [0.1, 0.15) is 16.7 Å². The van der Waals surface area contributed by atoms with Gasteiger partial charge in [-0.2, -0.15) is 5.26 Å². The van der Waals surface area contributed by atoms with Crippen LogP contribution >= 0.6 is 15.9 Å². The van der Waals surface area contributed by atoms with Crippen molar-refractivity contribution in [2.45, 2.75) is 13.0 Å². The van der Waals surface area contributed by atoms with Crippen LogP contribution in [0.5, 0.6) is 0 Å². The second kappa shape index (κ2) is 5.18. The molecule has 0 unspecified atom stereocenters. The van der Waals surface area contributed by atoms with Gasteiger partial charge >= 0.3 is 0 Å². The number of hydrogen-bond donors (Lipinski definition) is 1. The number of nitrogen functional groups attached to an aromatic ring is 1. The van der Waals surface area contributed by atoms with E-state index in [9.17, 15) is 5.26 Å². The van der Waals surface area contributed by atoms with Gasteiger partial charge in [-0.15, -0.1) is 0 Å². The highest BCUT2D eigenvalue weighted by Crippen LogP contribution is 2.32. The topological polar surface area (TPSA) is 53.0 Å². The van der Waals surface area contributed by atoms with Crippen LogP contribution < -0.4 is 10.6 Å². The van der Waals surface area contributed by atoms with Gasteiger partial charge in [0, 0.05) is 23.2 Å². The summed E-state index contributed by atoms with van der Waals surface area (Å²) in [5.41, 5.74) is 11.1. The molecule has 0 radical (unpaired) electrons. The van der Waals surface area contributed by atoms with E-state index in [1.807, 2.05) is 30.3 Å². The summed E-state index contributed by atoms with van der Waals surface area (Å²) >= 11 is 3.45. The molecule has 100 valence electrons. The maximum Gasteiger partial charge on any atom is 0.103 e. The van der Waals surface area contributed by atoms with E-state index in [1.54, 1.807) is 0 Å². The van der Waals surface area contributed by atoms with Crippen LogP contribution in [0.25, 0.3) is 0 Å². The van der Waals surface area contributed by atoms with Gasteiger partial charge in [-0.25, -0.2) is 0 Å². The lowest BCUT2D eigenvalue weighted by atomic mass is 9.97. The van der Waals surface area contributed by atoms with E-state index in [0.717, 1.165) is 35.4 Å². The molecule has 0 aliphatic carbocycles. The zero-order valence-electron chi connectivity index (χ0n) is 10.9. The fraction of sp³-hybridized carbons (Fsp3) is 0.188. The van der Waals surface area contributed by atoms with Crippen molar-refractivity contribution in [3.05, 3.63) is 57.6 Å². The number of halogens is 1. The number of hydrogen-bond acceptors (Lipinski definition) is 3. The van der Waals surface area contributed by atoms with Gasteiger partial charge in [-0.3, -0.25) is 0 Å². The molecule has 4 heteroatoms. The minimum Gasteiger partial charge on any atom is -0.398 e. The van der Waals surface area contributed by atoms with Crippen LogP contribution in [0, 0.1) is 11.3 Å². The molecule has 1 heterocycles. The van der Waals surface area contributed by atoms with Crippen LogP contribution in [-0.4, -0.2) is 6.54 Å². The van der Waals surface area contributed by atoms with Gasteiger partial charge in [0.1, 0.15) is 6.07 Å². The highest BCUT2D eigenvalue weighted by molar-refractivity contribution is 9.10. The highest BCUT2D eigenvalue weighted by Gasteiger charge is 2.21. The van der Waals surface area contributed by atoms with E-state index in [-0.39, 0.29) is 0 Å². The molecule has 2 N–H and O–H groups in total. The normalized spacial score (nSPS) is 13.7. The number of nitriles is 1. The smallest absolute Gasteiger partial charge is 0.103 e. The summed E-state index contributed by atoms with van der Waals surface area (Å²) in [6.07, 6.45) is 0.956. The van der Waals surface area contributed by atoms with Crippen molar-refractivity contribution in [1.82, 2.24) is 0 Å². The highest BCUT2D eigenvalue weighted by atomic mass is 79.9. The van der Waals surface area contributed by atoms with Gasteiger partial charge in [0.25, 0.3) is 0 Å². The Bertz CT molecular complexity index is 703. The van der Waals surface area contributed by atoms with E-state index in [2.05, 4.69) is 33.0 Å². The summed E-state index contributed by atoms with van der Waals surface area (Å²) < 4.78 is 0.837. The van der Waals surface area contributed by atoms with Crippen molar-refractivity contribution >= 4 is 27.3 Å². The average Bonchev–Trinajstić information content (AvgIpc) is 2.47. The van der Waals surface area contributed by atoms with Crippen LogP contribution in [0.3, 0.4) is 0 Å². The minimum atomic E-state index is 0.686. The van der Waals surface area contributed by atoms with Crippen molar-refractivity contribution in [3.63, 3.8) is 0 Å².